The Labute approximate surface area is 495 Å². The largest absolute Gasteiger partial charge is 0.318 e. The van der Waals surface area contributed by atoms with E-state index in [2.05, 4.69) is 10.9 Å². The fourth-order valence-corrected chi connectivity index (χ4v) is 14.9. The first kappa shape index (κ1) is 29.4. The summed E-state index contributed by atoms with van der Waals surface area (Å²) in [5.41, 5.74) is 1.52. The van der Waals surface area contributed by atoms with Crippen molar-refractivity contribution in [3.8, 4) is 62.0 Å². The number of hydrogen-bond donors (Lipinski definition) is 0. The number of hydrogen-bond acceptors (Lipinski definition) is 3. The number of rotatable bonds is 6. The molecule has 0 amide bonds. The molecule has 0 aliphatic carbocycles. The van der Waals surface area contributed by atoms with Gasteiger partial charge in [-0.3, -0.25) is 0 Å². The molecule has 0 fully saturated rings. The average Bonchev–Trinajstić information content (AvgIpc) is 1.48. The predicted molar refractivity (Wildman–Crippen MR) is 340 cm³/mol. The SMILES string of the molecule is [2H]c1c([2H])c([2H])c(-c2cccc3c2sc2c3ccc3c4ccc5c6cccc(-c7c([2H])c([2H])c([2H])c([2H])c7[2H])c6sc5c4n(-c4c(C#N)c(-c5ccccc5)c([N+]#[C-])c(-n5c6c([2H])c([2H])c([2H])c7c8c([2H])c([2H])c([2H])c([2H])c8c8c([2H])c([2H])c([2H])c5c8c76)c4-c4ccccc4)c32)c([2H])c1[2H]. The quantitative estimate of drug-likeness (QED) is 0.121. The van der Waals surface area contributed by atoms with Crippen molar-refractivity contribution in [3.63, 3.8) is 0 Å². The molecule has 4 aromatic heterocycles. The molecule has 4 heterocycles. The molecule has 80 heavy (non-hydrogen) atoms. The van der Waals surface area contributed by atoms with E-state index in [9.17, 15) is 28.3 Å². The first-order valence-electron chi connectivity index (χ1n) is 35.2. The second-order valence-corrected chi connectivity index (χ2v) is 21.3. The number of benzene rings is 13. The van der Waals surface area contributed by atoms with Crippen molar-refractivity contribution in [1.29, 1.82) is 5.26 Å². The number of nitrogens with zero attached hydrogens (tertiary/aromatic N) is 4. The summed E-state index contributed by atoms with van der Waals surface area (Å²) >= 11 is 2.54. The Hall–Kier alpha value is -10.3. The van der Waals surface area contributed by atoms with E-state index < -0.39 is 121 Å². The maximum absolute atomic E-state index is 12.6. The monoisotopic (exact) mass is 1070 g/mol. The van der Waals surface area contributed by atoms with Gasteiger partial charge in [-0.1, -0.05) is 230 Å². The lowest BCUT2D eigenvalue weighted by Crippen LogP contribution is -2.09. The van der Waals surface area contributed by atoms with Crippen LogP contribution in [0.4, 0.5) is 5.69 Å². The molecule has 13 aromatic carbocycles. The van der Waals surface area contributed by atoms with Gasteiger partial charge in [0.25, 0.3) is 0 Å². The number of fused-ring (bicyclic) bond motifs is 14. The van der Waals surface area contributed by atoms with Crippen molar-refractivity contribution in [2.75, 3.05) is 0 Å². The number of thiophene rings is 2. The predicted octanol–water partition coefficient (Wildman–Crippen LogP) is 21.5. The maximum Gasteiger partial charge on any atom is 0.220 e. The van der Waals surface area contributed by atoms with Crippen molar-refractivity contribution in [2.24, 2.45) is 0 Å². The molecule has 0 atom stereocenters. The van der Waals surface area contributed by atoms with E-state index in [4.69, 9.17) is 11.0 Å². The minimum atomic E-state index is -0.701. The summed E-state index contributed by atoms with van der Waals surface area (Å²) in [6.07, 6.45) is 0. The molecule has 0 N–H and O–H groups in total. The van der Waals surface area contributed by atoms with Crippen LogP contribution in [0.25, 0.3) is 166 Å². The van der Waals surface area contributed by atoms with Gasteiger partial charge in [0.2, 0.25) is 5.69 Å². The van der Waals surface area contributed by atoms with Gasteiger partial charge in [0.05, 0.1) is 82.4 Å². The van der Waals surface area contributed by atoms with Crippen molar-refractivity contribution < 1.29 is 27.4 Å². The van der Waals surface area contributed by atoms with E-state index in [0.717, 1.165) is 0 Å². The summed E-state index contributed by atoms with van der Waals surface area (Å²) in [7, 11) is 0. The van der Waals surface area contributed by atoms with Gasteiger partial charge in [0, 0.05) is 63.6 Å². The highest BCUT2D eigenvalue weighted by molar-refractivity contribution is 7.28. The van der Waals surface area contributed by atoms with Crippen LogP contribution in [0, 0.1) is 17.9 Å². The third kappa shape index (κ3) is 6.06. The molecule has 368 valence electrons. The Morgan fingerprint density at radius 3 is 1.32 bits per heavy atom. The standard InChI is InChI=1S/C74H40N4S2/c1-76-66-62(45-24-10-4-11-25-45)59(42-75)67(63(46-26-12-5-13-27-46)70(66)77-60-36-18-32-51-49-28-14-15-29-50(49)52-33-19-37-61(77)65(52)64(51)60)78-68-53(38-40-57-55-34-16-30-47(71(55)79-73(57)68)43-20-6-2-7-21-43)54-39-41-58-56-35-17-31-48(44-22-8-3-9-23-44)72(56)80-74(58)69(54)78/h2-41H/i2D,3D,6D,7D,8D,9D,14D,15D,18D,19D,20D,21D,22D,23D,28D,29D,32D,33D,36D,37D. The van der Waals surface area contributed by atoms with Crippen molar-refractivity contribution in [1.82, 2.24) is 9.13 Å². The smallest absolute Gasteiger partial charge is 0.220 e. The van der Waals surface area contributed by atoms with Crippen LogP contribution in [0.15, 0.2) is 242 Å². The summed E-state index contributed by atoms with van der Waals surface area (Å²) < 4.78 is 191. The zero-order valence-electron chi connectivity index (χ0n) is 61.2. The Kier molecular flexibility index (Phi) is 6.28. The zero-order chi connectivity index (χ0) is 70.1. The second-order valence-electron chi connectivity index (χ2n) is 19.2. The Morgan fingerprint density at radius 1 is 0.388 bits per heavy atom. The molecule has 0 aliphatic rings. The Bertz CT molecular complexity index is 6430. The maximum atomic E-state index is 12.6. The highest BCUT2D eigenvalue weighted by Gasteiger charge is 2.34. The molecular weight excluding hydrogens is 1010 g/mol. The molecule has 0 unspecified atom stereocenters. The van der Waals surface area contributed by atoms with E-state index in [-0.39, 0.29) is 88.2 Å². The third-order valence-corrected chi connectivity index (χ3v) is 17.9. The minimum Gasteiger partial charge on any atom is -0.318 e. The lowest BCUT2D eigenvalue weighted by Gasteiger charge is -2.26. The molecule has 0 saturated heterocycles. The van der Waals surface area contributed by atoms with Crippen LogP contribution < -0.4 is 0 Å². The van der Waals surface area contributed by atoms with Crippen molar-refractivity contribution in [3.05, 3.63) is 259 Å². The van der Waals surface area contributed by atoms with Gasteiger partial charge in [-0.2, -0.15) is 5.26 Å². The number of nitriles is 1. The first-order valence-corrected chi connectivity index (χ1v) is 26.8. The molecule has 6 heteroatoms. The van der Waals surface area contributed by atoms with E-state index in [1.165, 1.54) is 27.2 Å². The molecule has 0 spiro atoms. The fraction of sp³-hybridized carbons (Fsp3) is 0. The summed E-state index contributed by atoms with van der Waals surface area (Å²) in [6.45, 7) is 9.61. The normalized spacial score (nSPS) is 15.5. The Morgan fingerprint density at radius 2 is 0.838 bits per heavy atom. The molecule has 17 rings (SSSR count). The topological polar surface area (TPSA) is 38.0 Å². The fourth-order valence-electron chi connectivity index (χ4n) is 12.2. The van der Waals surface area contributed by atoms with Crippen LogP contribution >= 0.6 is 22.7 Å². The highest BCUT2D eigenvalue weighted by atomic mass is 32.1. The van der Waals surface area contributed by atoms with E-state index in [0.29, 0.717) is 84.4 Å². The van der Waals surface area contributed by atoms with Gasteiger partial charge in [-0.15, -0.1) is 22.7 Å². The molecular formula is C74H40N4S2. The third-order valence-electron chi connectivity index (χ3n) is 15.4. The molecule has 17 aromatic rings. The van der Waals surface area contributed by atoms with Crippen LogP contribution in [0.5, 0.6) is 0 Å². The van der Waals surface area contributed by atoms with E-state index in [1.807, 2.05) is 41.0 Å². The molecule has 4 nitrogen and oxygen atoms in total. The van der Waals surface area contributed by atoms with Crippen molar-refractivity contribution in [2.45, 2.75) is 0 Å². The molecule has 0 saturated carbocycles. The summed E-state index contributed by atoms with van der Waals surface area (Å²) in [5, 5.41) is 15.3. The lowest BCUT2D eigenvalue weighted by molar-refractivity contribution is 1.14. The summed E-state index contributed by atoms with van der Waals surface area (Å²) in [4.78, 5) is 4.38. The number of aromatic nitrogens is 2. The summed E-state index contributed by atoms with van der Waals surface area (Å²) in [5.74, 6) is 0. The van der Waals surface area contributed by atoms with Gasteiger partial charge in [0.15, 0.2) is 0 Å². The molecule has 0 radical (unpaired) electrons. The zero-order valence-corrected chi connectivity index (χ0v) is 42.8. The van der Waals surface area contributed by atoms with Crippen LogP contribution in [0.3, 0.4) is 0 Å². The van der Waals surface area contributed by atoms with Gasteiger partial charge in [-0.25, -0.2) is 4.85 Å². The lowest BCUT2D eigenvalue weighted by atomic mass is 9.88. The van der Waals surface area contributed by atoms with Gasteiger partial charge >= 0.3 is 0 Å². The Balaban J connectivity index is 1.18. The minimum absolute atomic E-state index is 0.0365. The van der Waals surface area contributed by atoms with Crippen LogP contribution in [0.1, 0.15) is 33.0 Å². The summed E-state index contributed by atoms with van der Waals surface area (Å²) in [6, 6.07) is 26.8. The van der Waals surface area contributed by atoms with Gasteiger partial charge in [-0.05, 0) is 67.0 Å². The highest BCUT2D eigenvalue weighted by Crippen LogP contribution is 2.56. The van der Waals surface area contributed by atoms with E-state index in [1.54, 1.807) is 84.9 Å². The van der Waals surface area contributed by atoms with Crippen LogP contribution in [-0.4, -0.2) is 9.13 Å². The van der Waals surface area contributed by atoms with Crippen LogP contribution in [-0.2, 0) is 0 Å². The van der Waals surface area contributed by atoms with Crippen LogP contribution in [0.2, 0.25) is 0 Å². The van der Waals surface area contributed by atoms with Gasteiger partial charge in [0.1, 0.15) is 6.07 Å². The van der Waals surface area contributed by atoms with Gasteiger partial charge < -0.3 is 9.13 Å². The molecule has 0 bridgehead atoms. The first-order chi connectivity index (χ1) is 48.0. The van der Waals surface area contributed by atoms with Crippen molar-refractivity contribution >= 4 is 134 Å². The molecule has 0 aliphatic heterocycles. The second kappa shape index (κ2) is 17.1. The average molecular weight is 1070 g/mol. The van der Waals surface area contributed by atoms with E-state index >= 15 is 0 Å².